The molecule has 120 valence electrons. The number of carboxylic acid groups (broad SMARTS) is 1. The fraction of sp³-hybridized carbons (Fsp3) is 0.0556. The van der Waals surface area contributed by atoms with Crippen molar-refractivity contribution in [1.82, 2.24) is 0 Å². The zero-order valence-electron chi connectivity index (χ0n) is 12.5. The number of carbonyl (C=O) groups excluding carboxylic acids is 1. The molecule has 0 unspecified atom stereocenters. The molecule has 0 aliphatic carbocycles. The molecule has 0 atom stereocenters. The van der Waals surface area contributed by atoms with Crippen LogP contribution in [-0.2, 0) is 10.5 Å². The predicted octanol–water partition coefficient (Wildman–Crippen LogP) is 4.29. The van der Waals surface area contributed by atoms with E-state index in [1.165, 1.54) is 29.5 Å². The Balaban J connectivity index is 1.70. The van der Waals surface area contributed by atoms with Gasteiger partial charge >= 0.3 is 5.97 Å². The van der Waals surface area contributed by atoms with Crippen LogP contribution in [0.15, 0.2) is 65.3 Å². The number of rotatable bonds is 4. The van der Waals surface area contributed by atoms with Crippen LogP contribution in [0.1, 0.15) is 21.5 Å². The summed E-state index contributed by atoms with van der Waals surface area (Å²) in [6.07, 6.45) is 1.68. The van der Waals surface area contributed by atoms with Crippen molar-refractivity contribution in [1.29, 1.82) is 0 Å². The Morgan fingerprint density at radius 2 is 1.83 bits per heavy atom. The van der Waals surface area contributed by atoms with Gasteiger partial charge in [0.1, 0.15) is 10.1 Å². The molecule has 2 aromatic carbocycles. The molecule has 24 heavy (non-hydrogen) atoms. The minimum absolute atomic E-state index is 0.0899. The molecule has 1 heterocycles. The summed E-state index contributed by atoms with van der Waals surface area (Å²) in [6, 6.07) is 16.4. The molecule has 0 saturated heterocycles. The van der Waals surface area contributed by atoms with Crippen LogP contribution in [0.2, 0.25) is 0 Å². The van der Waals surface area contributed by atoms with Crippen molar-refractivity contribution in [3.63, 3.8) is 0 Å². The third-order valence-corrected chi connectivity index (χ3v) is 5.35. The predicted molar refractivity (Wildman–Crippen MR) is 99.1 cm³/mol. The number of thioether (sulfide) groups is 2. The first-order chi connectivity index (χ1) is 11.6. The van der Waals surface area contributed by atoms with E-state index in [9.17, 15) is 9.59 Å². The number of carboxylic acids is 1. The molecule has 0 aromatic heterocycles. The second-order valence-corrected chi connectivity index (χ2v) is 7.18. The van der Waals surface area contributed by atoms with Gasteiger partial charge < -0.3 is 5.11 Å². The summed E-state index contributed by atoms with van der Waals surface area (Å²) in [5, 5.41) is 8.80. The number of benzene rings is 2. The van der Waals surface area contributed by atoms with Crippen LogP contribution >= 0.6 is 23.5 Å². The summed E-state index contributed by atoms with van der Waals surface area (Å²) in [7, 11) is 0. The molecule has 0 bridgehead atoms. The van der Waals surface area contributed by atoms with E-state index < -0.39 is 5.97 Å². The third kappa shape index (κ3) is 4.15. The van der Waals surface area contributed by atoms with Gasteiger partial charge in [0.25, 0.3) is 0 Å². The minimum atomic E-state index is -0.973. The molecule has 2 aromatic rings. The van der Waals surface area contributed by atoms with Crippen LogP contribution in [0.3, 0.4) is 0 Å². The zero-order valence-corrected chi connectivity index (χ0v) is 14.1. The highest BCUT2D eigenvalue weighted by molar-refractivity contribution is 8.45. The summed E-state index contributed by atoms with van der Waals surface area (Å²) >= 11 is 2.67. The zero-order chi connectivity index (χ0) is 16.9. The lowest BCUT2D eigenvalue weighted by Gasteiger charge is -1.98. The van der Waals surface area contributed by atoms with Gasteiger partial charge in [-0.1, -0.05) is 54.2 Å². The number of aliphatic imine (C=N–C) groups is 1. The highest BCUT2D eigenvalue weighted by Gasteiger charge is 2.22. The Morgan fingerprint density at radius 3 is 2.50 bits per heavy atom. The monoisotopic (exact) mass is 355 g/mol. The standard InChI is InChI=1S/C18H13NO3S2/c20-16(21)14-8-6-12(7-9-14)10-15-17(22)24-18(19-15)23-11-13-4-2-1-3-5-13/h1-10H,11H2,(H,20,21)/b15-10+. The number of carbonyl (C=O) groups is 2. The third-order valence-electron chi connectivity index (χ3n) is 3.27. The van der Waals surface area contributed by atoms with Gasteiger partial charge in [-0.05, 0) is 41.1 Å². The normalized spacial score (nSPS) is 15.6. The van der Waals surface area contributed by atoms with Gasteiger partial charge in [0, 0.05) is 5.75 Å². The first kappa shape index (κ1) is 16.5. The average molecular weight is 355 g/mol. The average Bonchev–Trinajstić information content (AvgIpc) is 2.94. The van der Waals surface area contributed by atoms with Crippen LogP contribution < -0.4 is 0 Å². The molecule has 4 nitrogen and oxygen atoms in total. The molecule has 6 heteroatoms. The van der Waals surface area contributed by atoms with E-state index >= 15 is 0 Å². The van der Waals surface area contributed by atoms with E-state index in [2.05, 4.69) is 4.99 Å². The van der Waals surface area contributed by atoms with Crippen LogP contribution in [0.5, 0.6) is 0 Å². The molecule has 0 saturated carbocycles. The van der Waals surface area contributed by atoms with E-state index in [-0.39, 0.29) is 10.7 Å². The van der Waals surface area contributed by atoms with Gasteiger partial charge in [0.2, 0.25) is 5.12 Å². The largest absolute Gasteiger partial charge is 0.478 e. The lowest BCUT2D eigenvalue weighted by Crippen LogP contribution is -1.95. The second kappa shape index (κ2) is 7.51. The molecular formula is C18H13NO3S2. The number of hydrogen-bond acceptors (Lipinski definition) is 5. The summed E-state index contributed by atoms with van der Waals surface area (Å²) in [5.41, 5.74) is 2.53. The Bertz CT molecular complexity index is 827. The lowest BCUT2D eigenvalue weighted by atomic mass is 10.1. The molecule has 3 rings (SSSR count). The topological polar surface area (TPSA) is 66.7 Å². The highest BCUT2D eigenvalue weighted by atomic mass is 32.2. The van der Waals surface area contributed by atoms with Gasteiger partial charge in [0.05, 0.1) is 5.56 Å². The lowest BCUT2D eigenvalue weighted by molar-refractivity contribution is -0.107. The first-order valence-electron chi connectivity index (χ1n) is 7.14. The minimum Gasteiger partial charge on any atom is -0.478 e. The van der Waals surface area contributed by atoms with Gasteiger partial charge in [-0.25, -0.2) is 9.79 Å². The molecule has 0 amide bonds. The summed E-state index contributed by atoms with van der Waals surface area (Å²) in [5.74, 6) is -0.208. The highest BCUT2D eigenvalue weighted by Crippen LogP contribution is 2.32. The second-order valence-electron chi connectivity index (χ2n) is 5.00. The fourth-order valence-corrected chi connectivity index (χ4v) is 3.85. The van der Waals surface area contributed by atoms with Crippen molar-refractivity contribution in [3.05, 3.63) is 77.0 Å². The van der Waals surface area contributed by atoms with E-state index in [4.69, 9.17) is 5.11 Å². The maximum absolute atomic E-state index is 12.0. The number of aromatic carboxylic acids is 1. The molecule has 1 aliphatic heterocycles. The molecule has 0 radical (unpaired) electrons. The van der Waals surface area contributed by atoms with Crippen molar-refractivity contribution >= 4 is 45.1 Å². The van der Waals surface area contributed by atoms with E-state index in [0.717, 1.165) is 27.5 Å². The van der Waals surface area contributed by atoms with Crippen molar-refractivity contribution in [2.75, 3.05) is 0 Å². The van der Waals surface area contributed by atoms with Crippen molar-refractivity contribution in [2.45, 2.75) is 5.75 Å². The van der Waals surface area contributed by atoms with Crippen molar-refractivity contribution in [2.24, 2.45) is 4.99 Å². The van der Waals surface area contributed by atoms with Crippen LogP contribution in [-0.4, -0.2) is 20.6 Å². The van der Waals surface area contributed by atoms with Gasteiger partial charge in [-0.15, -0.1) is 0 Å². The van der Waals surface area contributed by atoms with E-state index in [1.54, 1.807) is 18.2 Å². The molecule has 1 N–H and O–H groups in total. The van der Waals surface area contributed by atoms with Gasteiger partial charge in [-0.2, -0.15) is 0 Å². The summed E-state index contributed by atoms with van der Waals surface area (Å²) < 4.78 is 0.734. The molecule has 1 aliphatic rings. The van der Waals surface area contributed by atoms with Crippen LogP contribution in [0.4, 0.5) is 0 Å². The number of hydrogen-bond donors (Lipinski definition) is 1. The molecular weight excluding hydrogens is 342 g/mol. The Kier molecular flexibility index (Phi) is 5.17. The Labute approximate surface area is 147 Å². The Morgan fingerprint density at radius 1 is 1.12 bits per heavy atom. The van der Waals surface area contributed by atoms with Crippen molar-refractivity contribution in [3.8, 4) is 0 Å². The summed E-state index contributed by atoms with van der Waals surface area (Å²) in [4.78, 5) is 27.3. The van der Waals surface area contributed by atoms with Crippen LogP contribution in [0.25, 0.3) is 6.08 Å². The molecule has 0 fully saturated rings. The van der Waals surface area contributed by atoms with Crippen LogP contribution in [0, 0.1) is 0 Å². The van der Waals surface area contributed by atoms with Gasteiger partial charge in [-0.3, -0.25) is 4.79 Å². The molecule has 0 spiro atoms. The summed E-state index contributed by atoms with van der Waals surface area (Å²) in [6.45, 7) is 0. The van der Waals surface area contributed by atoms with E-state index in [1.807, 2.05) is 30.3 Å². The fourth-order valence-electron chi connectivity index (χ4n) is 2.05. The first-order valence-corrected chi connectivity index (χ1v) is 8.95. The number of nitrogens with zero attached hydrogens (tertiary/aromatic N) is 1. The quantitative estimate of drug-likeness (QED) is 0.829. The van der Waals surface area contributed by atoms with Gasteiger partial charge in [0.15, 0.2) is 0 Å². The van der Waals surface area contributed by atoms with E-state index in [0.29, 0.717) is 5.70 Å². The Hall–Kier alpha value is -2.31. The maximum Gasteiger partial charge on any atom is 0.335 e. The van der Waals surface area contributed by atoms with Crippen molar-refractivity contribution < 1.29 is 14.7 Å². The smallest absolute Gasteiger partial charge is 0.335 e. The SMILES string of the molecule is O=C1SC(SCc2ccccc2)=N/C1=C/c1ccc(C(=O)O)cc1. The maximum atomic E-state index is 12.0.